The average molecular weight is 415 g/mol. The number of carbonyl (C=O) groups excluding carboxylic acids is 1. The first-order valence-corrected chi connectivity index (χ1v) is 9.75. The number of amides is 1. The number of aliphatic carboxylic acids is 1. The minimum absolute atomic E-state index is 0.0593. The van der Waals surface area contributed by atoms with Crippen LogP contribution in [-0.2, 0) is 19.6 Å². The number of carboxylic acids is 1. The molecule has 28 heavy (non-hydrogen) atoms. The molecule has 1 aromatic carbocycles. The van der Waals surface area contributed by atoms with Crippen LogP contribution in [0.25, 0.3) is 0 Å². The van der Waals surface area contributed by atoms with E-state index in [4.69, 9.17) is 4.74 Å². The maximum absolute atomic E-state index is 12.8. The summed E-state index contributed by atoms with van der Waals surface area (Å²) >= 11 is 0. The van der Waals surface area contributed by atoms with Crippen LogP contribution in [0.15, 0.2) is 29.2 Å². The summed E-state index contributed by atoms with van der Waals surface area (Å²) in [4.78, 5) is 33.4. The highest BCUT2D eigenvalue weighted by Crippen LogP contribution is 2.30. The standard InChI is InChI=1S/C16H21N3O8S/c1-16(2,3)27-15(22)17-13(14(20)21)12-8-9-18(12)28(25,26)11-6-4-10(5-7-11)19(23)24/h4-7,12-13H,8-9H2,1-3H3,(H,17,22)(H,20,21)/t12-,13+/m0/s1. The highest BCUT2D eigenvalue weighted by atomic mass is 32.2. The zero-order valence-corrected chi connectivity index (χ0v) is 16.3. The number of sulfonamides is 1. The third-order valence-electron chi connectivity index (χ3n) is 3.99. The van der Waals surface area contributed by atoms with E-state index in [1.165, 1.54) is 0 Å². The van der Waals surface area contributed by atoms with E-state index in [1.54, 1.807) is 20.8 Å². The number of nitrogens with zero attached hydrogens (tertiary/aromatic N) is 2. The molecule has 2 rings (SSSR count). The van der Waals surface area contributed by atoms with Crippen LogP contribution >= 0.6 is 0 Å². The van der Waals surface area contributed by atoms with Gasteiger partial charge < -0.3 is 15.2 Å². The van der Waals surface area contributed by atoms with E-state index in [0.717, 1.165) is 28.6 Å². The van der Waals surface area contributed by atoms with E-state index in [2.05, 4.69) is 5.32 Å². The van der Waals surface area contributed by atoms with Crippen LogP contribution in [0.5, 0.6) is 0 Å². The minimum Gasteiger partial charge on any atom is -0.480 e. The van der Waals surface area contributed by atoms with Crippen molar-refractivity contribution in [1.82, 2.24) is 9.62 Å². The van der Waals surface area contributed by atoms with Gasteiger partial charge in [-0.2, -0.15) is 4.31 Å². The first-order valence-electron chi connectivity index (χ1n) is 8.31. The minimum atomic E-state index is -4.09. The fourth-order valence-electron chi connectivity index (χ4n) is 2.65. The molecule has 1 amide bonds. The van der Waals surface area contributed by atoms with E-state index >= 15 is 0 Å². The molecule has 0 bridgehead atoms. The number of alkyl carbamates (subject to hydrolysis) is 1. The van der Waals surface area contributed by atoms with Crippen molar-refractivity contribution in [2.24, 2.45) is 0 Å². The highest BCUT2D eigenvalue weighted by molar-refractivity contribution is 7.89. The van der Waals surface area contributed by atoms with Crippen molar-refractivity contribution in [3.63, 3.8) is 0 Å². The molecule has 0 saturated carbocycles. The Hall–Kier alpha value is -2.73. The number of nitro groups is 1. The van der Waals surface area contributed by atoms with Gasteiger partial charge >= 0.3 is 12.1 Å². The third-order valence-corrected chi connectivity index (χ3v) is 5.93. The van der Waals surface area contributed by atoms with Gasteiger partial charge in [-0.3, -0.25) is 10.1 Å². The van der Waals surface area contributed by atoms with Gasteiger partial charge in [0.15, 0.2) is 0 Å². The summed E-state index contributed by atoms with van der Waals surface area (Å²) < 4.78 is 31.5. The number of non-ortho nitro benzene ring substituents is 1. The SMILES string of the molecule is CC(C)(C)OC(=O)N[C@@H](C(=O)O)[C@@H]1CCN1S(=O)(=O)c1ccc([N+](=O)[O-])cc1. The summed E-state index contributed by atoms with van der Waals surface area (Å²) in [6, 6.07) is 1.76. The predicted octanol–water partition coefficient (Wildman–Crippen LogP) is 1.34. The maximum atomic E-state index is 12.8. The Bertz CT molecular complexity index is 876. The van der Waals surface area contributed by atoms with Gasteiger partial charge in [0.05, 0.1) is 15.9 Å². The van der Waals surface area contributed by atoms with Gasteiger partial charge in [0.2, 0.25) is 10.0 Å². The number of nitro benzene ring substituents is 1. The summed E-state index contributed by atoms with van der Waals surface area (Å²) in [5.41, 5.74) is -1.12. The molecule has 1 aromatic rings. The van der Waals surface area contributed by atoms with E-state index in [0.29, 0.717) is 0 Å². The topological polar surface area (TPSA) is 156 Å². The maximum Gasteiger partial charge on any atom is 0.408 e. The van der Waals surface area contributed by atoms with Gasteiger partial charge in [0, 0.05) is 18.7 Å². The van der Waals surface area contributed by atoms with Crippen molar-refractivity contribution in [3.8, 4) is 0 Å². The second kappa shape index (κ2) is 7.72. The summed E-state index contributed by atoms with van der Waals surface area (Å²) in [6.07, 6.45) is -0.751. The van der Waals surface area contributed by atoms with Crippen LogP contribution in [0.3, 0.4) is 0 Å². The smallest absolute Gasteiger partial charge is 0.408 e. The molecule has 1 aliphatic heterocycles. The van der Waals surface area contributed by atoms with Crippen LogP contribution in [0.2, 0.25) is 0 Å². The zero-order chi connectivity index (χ0) is 21.3. The van der Waals surface area contributed by atoms with Gasteiger partial charge in [0.25, 0.3) is 5.69 Å². The molecule has 0 aromatic heterocycles. The number of nitrogens with one attached hydrogen (secondary N) is 1. The molecule has 0 spiro atoms. The molecule has 11 nitrogen and oxygen atoms in total. The Morgan fingerprint density at radius 1 is 1.32 bits per heavy atom. The zero-order valence-electron chi connectivity index (χ0n) is 15.5. The summed E-state index contributed by atoms with van der Waals surface area (Å²) in [5.74, 6) is -1.40. The number of rotatable bonds is 6. The number of carbonyl (C=O) groups is 2. The van der Waals surface area contributed by atoms with Crippen molar-refractivity contribution in [3.05, 3.63) is 34.4 Å². The van der Waals surface area contributed by atoms with Gasteiger partial charge in [-0.05, 0) is 39.3 Å². The van der Waals surface area contributed by atoms with Gasteiger partial charge in [-0.15, -0.1) is 0 Å². The average Bonchev–Trinajstić information content (AvgIpc) is 2.50. The second-order valence-electron chi connectivity index (χ2n) is 7.18. The van der Waals surface area contributed by atoms with Gasteiger partial charge in [0.1, 0.15) is 11.6 Å². The second-order valence-corrected chi connectivity index (χ2v) is 9.08. The van der Waals surface area contributed by atoms with Crippen molar-refractivity contribution in [2.75, 3.05) is 6.54 Å². The predicted molar refractivity (Wildman–Crippen MR) is 96.2 cm³/mol. The van der Waals surface area contributed by atoms with Gasteiger partial charge in [-0.1, -0.05) is 0 Å². The molecule has 1 aliphatic rings. The number of ether oxygens (including phenoxy) is 1. The van der Waals surface area contributed by atoms with Crippen LogP contribution in [-0.4, -0.2) is 59.0 Å². The fourth-order valence-corrected chi connectivity index (χ4v) is 4.33. The third kappa shape index (κ3) is 4.75. The molecular formula is C16H21N3O8S. The molecule has 0 radical (unpaired) electrons. The Kier molecular flexibility index (Phi) is 5.94. The fraction of sp³-hybridized carbons (Fsp3) is 0.500. The molecule has 1 fully saturated rings. The molecule has 2 atom stereocenters. The molecular weight excluding hydrogens is 394 g/mol. The van der Waals surface area contributed by atoms with E-state index in [9.17, 15) is 33.2 Å². The van der Waals surface area contributed by atoms with E-state index in [-0.39, 0.29) is 23.5 Å². The van der Waals surface area contributed by atoms with Crippen LogP contribution in [0.4, 0.5) is 10.5 Å². The number of benzene rings is 1. The van der Waals surface area contributed by atoms with Crippen molar-refractivity contribution in [2.45, 2.75) is 49.8 Å². The normalized spacial score (nSPS) is 18.6. The lowest BCUT2D eigenvalue weighted by Gasteiger charge is -2.42. The molecule has 12 heteroatoms. The van der Waals surface area contributed by atoms with Crippen LogP contribution < -0.4 is 5.32 Å². The lowest BCUT2D eigenvalue weighted by molar-refractivity contribution is -0.384. The first kappa shape index (κ1) is 21.6. The molecule has 0 unspecified atom stereocenters. The lowest BCUT2D eigenvalue weighted by atomic mass is 9.98. The number of hydrogen-bond donors (Lipinski definition) is 2. The Morgan fingerprint density at radius 3 is 2.29 bits per heavy atom. The Labute approximate surface area is 161 Å². The van der Waals surface area contributed by atoms with Crippen LogP contribution in [0, 0.1) is 10.1 Å². The van der Waals surface area contributed by atoms with Crippen molar-refractivity contribution >= 4 is 27.8 Å². The summed E-state index contributed by atoms with van der Waals surface area (Å²) in [5, 5.41) is 22.3. The van der Waals surface area contributed by atoms with E-state index in [1.807, 2.05) is 0 Å². The molecule has 154 valence electrons. The van der Waals surface area contributed by atoms with E-state index < -0.39 is 44.7 Å². The Morgan fingerprint density at radius 2 is 1.89 bits per heavy atom. The Balaban J connectivity index is 2.20. The molecule has 1 saturated heterocycles. The summed E-state index contributed by atoms with van der Waals surface area (Å²) in [7, 11) is -4.09. The largest absolute Gasteiger partial charge is 0.480 e. The molecule has 2 N–H and O–H groups in total. The monoisotopic (exact) mass is 415 g/mol. The highest BCUT2D eigenvalue weighted by Gasteiger charge is 2.46. The van der Waals surface area contributed by atoms with Crippen molar-refractivity contribution < 1.29 is 32.8 Å². The quantitative estimate of drug-likeness (QED) is 0.520. The van der Waals surface area contributed by atoms with Crippen LogP contribution in [0.1, 0.15) is 27.2 Å². The van der Waals surface area contributed by atoms with Gasteiger partial charge in [-0.25, -0.2) is 18.0 Å². The lowest BCUT2D eigenvalue weighted by Crippen LogP contribution is -2.63. The summed E-state index contributed by atoms with van der Waals surface area (Å²) in [6.45, 7) is 4.88. The number of hydrogen-bond acceptors (Lipinski definition) is 7. The molecule has 0 aliphatic carbocycles. The first-order chi connectivity index (χ1) is 12.8. The molecule has 1 heterocycles. The number of carboxylic acid groups (broad SMARTS) is 1. The van der Waals surface area contributed by atoms with Crippen molar-refractivity contribution in [1.29, 1.82) is 0 Å².